The largest absolute Gasteiger partial charge is 0.494 e. The quantitative estimate of drug-likeness (QED) is 0.755. The summed E-state index contributed by atoms with van der Waals surface area (Å²) < 4.78 is 35.7. The van der Waals surface area contributed by atoms with E-state index in [1.54, 1.807) is 24.3 Å². The van der Waals surface area contributed by atoms with Gasteiger partial charge in [0, 0.05) is 0 Å². The first-order chi connectivity index (χ1) is 9.46. The smallest absolute Gasteiger partial charge is 0.287 e. The number of nitrogens with one attached hydrogen (secondary N) is 1. The second-order valence-electron chi connectivity index (χ2n) is 3.98. The minimum Gasteiger partial charge on any atom is -0.494 e. The molecule has 0 aliphatic carbocycles. The third kappa shape index (κ3) is 5.83. The van der Waals surface area contributed by atoms with Crippen molar-refractivity contribution < 1.29 is 28.2 Å². The van der Waals surface area contributed by atoms with E-state index in [0.717, 1.165) is 0 Å². The van der Waals surface area contributed by atoms with Gasteiger partial charge in [-0.2, -0.15) is 0 Å². The molecule has 0 spiro atoms. The van der Waals surface area contributed by atoms with Crippen molar-refractivity contribution in [2.45, 2.75) is 12.8 Å². The molecule has 0 saturated carbocycles. The molecule has 0 radical (unpaired) electrons. The van der Waals surface area contributed by atoms with E-state index < -0.39 is 25.0 Å². The Labute approximate surface area is 115 Å². The van der Waals surface area contributed by atoms with E-state index in [1.165, 1.54) is 0 Å². The van der Waals surface area contributed by atoms with Gasteiger partial charge in [0.05, 0.1) is 13.2 Å². The lowest BCUT2D eigenvalue weighted by Gasteiger charge is -2.14. The number of amides is 1. The van der Waals surface area contributed by atoms with Gasteiger partial charge in [-0.15, -0.1) is 0 Å². The van der Waals surface area contributed by atoms with E-state index in [4.69, 9.17) is 14.6 Å². The molecule has 0 bridgehead atoms. The third-order valence-corrected chi connectivity index (χ3v) is 2.28. The first-order valence-electron chi connectivity index (χ1n) is 6.08. The second-order valence-corrected chi connectivity index (χ2v) is 3.98. The number of carbonyl (C=O) groups is 1. The van der Waals surface area contributed by atoms with Crippen molar-refractivity contribution >= 4 is 5.91 Å². The zero-order chi connectivity index (χ0) is 15.0. The van der Waals surface area contributed by atoms with Crippen LogP contribution in [0.3, 0.4) is 0 Å². The van der Waals surface area contributed by atoms with Crippen LogP contribution in [0, 0.1) is 0 Å². The van der Waals surface area contributed by atoms with Crippen molar-refractivity contribution in [3.8, 4) is 11.5 Å². The lowest BCUT2D eigenvalue weighted by Crippen LogP contribution is -2.40. The van der Waals surface area contributed by atoms with E-state index in [-0.39, 0.29) is 6.61 Å². The Balaban J connectivity index is 2.33. The molecule has 1 amide bonds. The molecular weight excluding hydrogens is 272 g/mol. The number of hydrogen-bond donors (Lipinski definition) is 2. The minimum atomic E-state index is -3.32. The van der Waals surface area contributed by atoms with Crippen LogP contribution in [-0.4, -0.2) is 43.3 Å². The fourth-order valence-electron chi connectivity index (χ4n) is 1.28. The molecular formula is C13H17F2NO4. The van der Waals surface area contributed by atoms with Gasteiger partial charge in [0.2, 0.25) is 0 Å². The maximum absolute atomic E-state index is 12.7. The van der Waals surface area contributed by atoms with E-state index in [2.05, 4.69) is 0 Å². The SMILES string of the molecule is CCOc1ccc(OCC(=O)NCC(F)(F)CO)cc1. The van der Waals surface area contributed by atoms with Crippen LogP contribution in [-0.2, 0) is 4.79 Å². The zero-order valence-electron chi connectivity index (χ0n) is 11.1. The fourth-order valence-corrected chi connectivity index (χ4v) is 1.28. The van der Waals surface area contributed by atoms with Crippen molar-refractivity contribution in [1.82, 2.24) is 5.32 Å². The van der Waals surface area contributed by atoms with Gasteiger partial charge in [-0.25, -0.2) is 8.78 Å². The third-order valence-electron chi connectivity index (χ3n) is 2.28. The van der Waals surface area contributed by atoms with Gasteiger partial charge in [0.15, 0.2) is 6.61 Å². The number of benzene rings is 1. The summed E-state index contributed by atoms with van der Waals surface area (Å²) in [6.45, 7) is -0.212. The van der Waals surface area contributed by atoms with Gasteiger partial charge >= 0.3 is 0 Å². The van der Waals surface area contributed by atoms with Crippen LogP contribution in [0.5, 0.6) is 11.5 Å². The highest BCUT2D eigenvalue weighted by Gasteiger charge is 2.28. The topological polar surface area (TPSA) is 67.8 Å². The van der Waals surface area contributed by atoms with Crippen molar-refractivity contribution in [3.63, 3.8) is 0 Å². The number of alkyl halides is 2. The molecule has 0 saturated heterocycles. The number of rotatable bonds is 8. The maximum Gasteiger partial charge on any atom is 0.287 e. The van der Waals surface area contributed by atoms with Gasteiger partial charge in [-0.05, 0) is 31.2 Å². The average Bonchev–Trinajstić information content (AvgIpc) is 2.45. The first kappa shape index (κ1) is 16.2. The fraction of sp³-hybridized carbons (Fsp3) is 0.462. The normalized spacial score (nSPS) is 11.0. The molecule has 1 aromatic rings. The number of aliphatic hydroxyl groups is 1. The van der Waals surface area contributed by atoms with Crippen LogP contribution >= 0.6 is 0 Å². The highest BCUT2D eigenvalue weighted by atomic mass is 19.3. The number of carbonyl (C=O) groups excluding carboxylic acids is 1. The van der Waals surface area contributed by atoms with Gasteiger partial charge in [0.1, 0.15) is 18.1 Å². The summed E-state index contributed by atoms with van der Waals surface area (Å²) in [5.74, 6) is -2.91. The van der Waals surface area contributed by atoms with E-state index in [0.29, 0.717) is 18.1 Å². The van der Waals surface area contributed by atoms with Crippen LogP contribution in [0.15, 0.2) is 24.3 Å². The summed E-state index contributed by atoms with van der Waals surface area (Å²) in [6.07, 6.45) is 0. The summed E-state index contributed by atoms with van der Waals surface area (Å²) >= 11 is 0. The van der Waals surface area contributed by atoms with Crippen LogP contribution < -0.4 is 14.8 Å². The molecule has 1 aromatic carbocycles. The Morgan fingerprint density at radius 2 is 1.80 bits per heavy atom. The molecule has 0 unspecified atom stereocenters. The summed E-state index contributed by atoms with van der Waals surface area (Å²) in [4.78, 5) is 11.3. The van der Waals surface area contributed by atoms with Gasteiger partial charge in [0.25, 0.3) is 11.8 Å². The molecule has 0 fully saturated rings. The van der Waals surface area contributed by atoms with Crippen LogP contribution in [0.1, 0.15) is 6.92 Å². The Morgan fingerprint density at radius 3 is 2.30 bits per heavy atom. The average molecular weight is 289 g/mol. The number of ether oxygens (including phenoxy) is 2. The van der Waals surface area contributed by atoms with Gasteiger partial charge < -0.3 is 19.9 Å². The molecule has 1 rings (SSSR count). The van der Waals surface area contributed by atoms with Crippen molar-refractivity contribution in [2.75, 3.05) is 26.4 Å². The number of halogens is 2. The predicted molar refractivity (Wildman–Crippen MR) is 68.1 cm³/mol. The molecule has 7 heteroatoms. The monoisotopic (exact) mass is 289 g/mol. The summed E-state index contributed by atoms with van der Waals surface area (Å²) in [6, 6.07) is 6.58. The zero-order valence-corrected chi connectivity index (χ0v) is 11.1. The van der Waals surface area contributed by atoms with E-state index >= 15 is 0 Å². The maximum atomic E-state index is 12.7. The van der Waals surface area contributed by atoms with Crippen LogP contribution in [0.2, 0.25) is 0 Å². The highest BCUT2D eigenvalue weighted by Crippen LogP contribution is 2.17. The standard InChI is InChI=1S/C13H17F2NO4/c1-2-19-10-3-5-11(6-4-10)20-7-12(18)16-8-13(14,15)9-17/h3-6,17H,2,7-9H2,1H3,(H,16,18). The van der Waals surface area contributed by atoms with E-state index in [1.807, 2.05) is 12.2 Å². The lowest BCUT2D eigenvalue weighted by atomic mass is 10.3. The second kappa shape index (κ2) is 7.64. The van der Waals surface area contributed by atoms with Crippen molar-refractivity contribution in [1.29, 1.82) is 0 Å². The number of aliphatic hydroxyl groups excluding tert-OH is 1. The molecule has 0 atom stereocenters. The Bertz CT molecular complexity index is 423. The molecule has 5 nitrogen and oxygen atoms in total. The Morgan fingerprint density at radius 1 is 1.25 bits per heavy atom. The molecule has 0 heterocycles. The Kier molecular flexibility index (Phi) is 6.17. The molecule has 2 N–H and O–H groups in total. The molecule has 0 aliphatic rings. The number of hydrogen-bond acceptors (Lipinski definition) is 4. The summed E-state index contributed by atoms with van der Waals surface area (Å²) in [5.41, 5.74) is 0. The minimum absolute atomic E-state index is 0.379. The lowest BCUT2D eigenvalue weighted by molar-refractivity contribution is -0.126. The molecule has 112 valence electrons. The van der Waals surface area contributed by atoms with Crippen molar-refractivity contribution in [2.24, 2.45) is 0 Å². The molecule has 0 aromatic heterocycles. The van der Waals surface area contributed by atoms with E-state index in [9.17, 15) is 13.6 Å². The highest BCUT2D eigenvalue weighted by molar-refractivity contribution is 5.77. The van der Waals surface area contributed by atoms with Crippen LogP contribution in [0.25, 0.3) is 0 Å². The molecule has 20 heavy (non-hydrogen) atoms. The van der Waals surface area contributed by atoms with Gasteiger partial charge in [-0.3, -0.25) is 4.79 Å². The summed E-state index contributed by atoms with van der Waals surface area (Å²) in [5, 5.41) is 10.3. The molecule has 0 aliphatic heterocycles. The Hall–Kier alpha value is -1.89. The van der Waals surface area contributed by atoms with Gasteiger partial charge in [-0.1, -0.05) is 0 Å². The summed E-state index contributed by atoms with van der Waals surface area (Å²) in [7, 11) is 0. The van der Waals surface area contributed by atoms with Crippen molar-refractivity contribution in [3.05, 3.63) is 24.3 Å². The van der Waals surface area contributed by atoms with Crippen LogP contribution in [0.4, 0.5) is 8.78 Å². The predicted octanol–water partition coefficient (Wildman–Crippen LogP) is 1.21. The first-order valence-corrected chi connectivity index (χ1v) is 6.08.